The number of rotatable bonds is 2. The van der Waals surface area contributed by atoms with Gasteiger partial charge in [0.15, 0.2) is 11.5 Å². The van der Waals surface area contributed by atoms with Gasteiger partial charge in [-0.15, -0.1) is 0 Å². The zero-order chi connectivity index (χ0) is 15.3. The first-order chi connectivity index (χ1) is 10.7. The Kier molecular flexibility index (Phi) is 3.20. The van der Waals surface area contributed by atoms with Crippen LogP contribution >= 0.6 is 0 Å². The van der Waals surface area contributed by atoms with Gasteiger partial charge >= 0.3 is 0 Å². The highest BCUT2D eigenvalue weighted by molar-refractivity contribution is 5.61. The number of hydrogen-bond acceptors (Lipinski definition) is 4. The third-order valence-corrected chi connectivity index (χ3v) is 5.54. The van der Waals surface area contributed by atoms with Gasteiger partial charge in [0.1, 0.15) is 6.10 Å². The predicted molar refractivity (Wildman–Crippen MR) is 86.4 cm³/mol. The third kappa shape index (κ3) is 1.83. The molecule has 3 atom stereocenters. The summed E-state index contributed by atoms with van der Waals surface area (Å²) < 4.78 is 11.9. The summed E-state index contributed by atoms with van der Waals surface area (Å²) in [6, 6.07) is 4.34. The predicted octanol–water partition coefficient (Wildman–Crippen LogP) is 2.21. The zero-order valence-corrected chi connectivity index (χ0v) is 13.3. The van der Waals surface area contributed by atoms with Gasteiger partial charge in [-0.25, -0.2) is 0 Å². The lowest BCUT2D eigenvalue weighted by Gasteiger charge is -2.36. The minimum absolute atomic E-state index is 0.0288. The van der Waals surface area contributed by atoms with Crippen molar-refractivity contribution in [3.8, 4) is 11.5 Å². The zero-order valence-electron chi connectivity index (χ0n) is 13.3. The largest absolute Gasteiger partial charge is 0.493 e. The van der Waals surface area contributed by atoms with Crippen molar-refractivity contribution in [1.82, 2.24) is 4.90 Å². The Morgan fingerprint density at radius 2 is 2.32 bits per heavy atom. The summed E-state index contributed by atoms with van der Waals surface area (Å²) in [6.07, 6.45) is 6.58. The molecule has 1 spiro atoms. The molecule has 1 aromatic rings. The fourth-order valence-electron chi connectivity index (χ4n) is 4.30. The SMILES string of the molecule is CCN1CC[C@@]23C=C[C@@H](N)C[C@@H]2Oc2c(OC)ccc(c23)C1. The lowest BCUT2D eigenvalue weighted by molar-refractivity contribution is 0.132. The normalized spacial score (nSPS) is 32.9. The van der Waals surface area contributed by atoms with Crippen LogP contribution in [0.25, 0.3) is 0 Å². The summed E-state index contributed by atoms with van der Waals surface area (Å²) in [5.74, 6) is 1.79. The van der Waals surface area contributed by atoms with Gasteiger partial charge in [-0.1, -0.05) is 25.1 Å². The summed E-state index contributed by atoms with van der Waals surface area (Å²) in [5.41, 5.74) is 8.84. The Labute approximate surface area is 131 Å². The monoisotopic (exact) mass is 300 g/mol. The van der Waals surface area contributed by atoms with Crippen LogP contribution in [0.4, 0.5) is 0 Å². The lowest BCUT2D eigenvalue weighted by atomic mass is 9.69. The van der Waals surface area contributed by atoms with Crippen LogP contribution in [0.3, 0.4) is 0 Å². The van der Waals surface area contributed by atoms with Gasteiger partial charge in [0.05, 0.1) is 12.5 Å². The fourth-order valence-corrected chi connectivity index (χ4v) is 4.30. The van der Waals surface area contributed by atoms with Crippen LogP contribution in [-0.4, -0.2) is 37.2 Å². The van der Waals surface area contributed by atoms with Crippen molar-refractivity contribution < 1.29 is 9.47 Å². The van der Waals surface area contributed by atoms with Gasteiger partial charge in [-0.2, -0.15) is 0 Å². The van der Waals surface area contributed by atoms with E-state index >= 15 is 0 Å². The standard InChI is InChI=1S/C18H24N2O2/c1-3-20-9-8-18-7-6-13(19)10-15(18)22-17-14(21-2)5-4-12(11-20)16(17)18/h4-7,13,15H,3,8-11,19H2,1-2H3/t13-,15+,18+/m1/s1. The molecule has 0 fully saturated rings. The Morgan fingerprint density at radius 3 is 3.09 bits per heavy atom. The first-order valence-corrected chi connectivity index (χ1v) is 8.22. The van der Waals surface area contributed by atoms with E-state index in [9.17, 15) is 0 Å². The number of nitrogens with two attached hydrogens (primary N) is 1. The van der Waals surface area contributed by atoms with Crippen molar-refractivity contribution in [1.29, 1.82) is 0 Å². The summed E-state index contributed by atoms with van der Waals surface area (Å²) >= 11 is 0. The van der Waals surface area contributed by atoms with E-state index in [1.165, 1.54) is 11.1 Å². The number of methoxy groups -OCH3 is 1. The number of hydrogen-bond donors (Lipinski definition) is 1. The average Bonchev–Trinajstić information content (AvgIpc) is 2.76. The molecule has 0 saturated heterocycles. The second kappa shape index (κ2) is 5.00. The topological polar surface area (TPSA) is 47.7 Å². The Balaban J connectivity index is 1.92. The first-order valence-electron chi connectivity index (χ1n) is 8.22. The maximum absolute atomic E-state index is 6.37. The minimum atomic E-state index is -0.0288. The second-order valence-electron chi connectivity index (χ2n) is 6.66. The summed E-state index contributed by atoms with van der Waals surface area (Å²) in [6.45, 7) is 5.38. The molecule has 118 valence electrons. The summed E-state index contributed by atoms with van der Waals surface area (Å²) in [5, 5.41) is 0. The molecule has 0 unspecified atom stereocenters. The van der Waals surface area contributed by atoms with Gasteiger partial charge < -0.3 is 15.2 Å². The molecule has 4 heteroatoms. The van der Waals surface area contributed by atoms with Crippen LogP contribution in [0, 0.1) is 0 Å². The first kappa shape index (κ1) is 14.1. The smallest absolute Gasteiger partial charge is 0.166 e. The molecule has 0 bridgehead atoms. The molecule has 0 saturated carbocycles. The third-order valence-electron chi connectivity index (χ3n) is 5.54. The fraction of sp³-hybridized carbons (Fsp3) is 0.556. The number of benzene rings is 1. The van der Waals surface area contributed by atoms with Gasteiger partial charge in [0.25, 0.3) is 0 Å². The van der Waals surface area contributed by atoms with Gasteiger partial charge in [0.2, 0.25) is 0 Å². The lowest BCUT2D eigenvalue weighted by Crippen LogP contribution is -2.45. The number of nitrogens with zero attached hydrogens (tertiary/aromatic N) is 1. The van der Waals surface area contributed by atoms with Crippen LogP contribution in [0.2, 0.25) is 0 Å². The van der Waals surface area contributed by atoms with Crippen molar-refractivity contribution in [2.24, 2.45) is 5.73 Å². The summed E-state index contributed by atoms with van der Waals surface area (Å²) in [4.78, 5) is 2.51. The van der Waals surface area contributed by atoms with E-state index in [0.29, 0.717) is 0 Å². The van der Waals surface area contributed by atoms with Crippen LogP contribution < -0.4 is 15.2 Å². The van der Waals surface area contributed by atoms with Crippen LogP contribution in [-0.2, 0) is 12.0 Å². The maximum Gasteiger partial charge on any atom is 0.166 e. The Hall–Kier alpha value is -1.52. The molecule has 2 aliphatic heterocycles. The highest BCUT2D eigenvalue weighted by Crippen LogP contribution is 2.55. The molecule has 2 heterocycles. The minimum Gasteiger partial charge on any atom is -0.493 e. The van der Waals surface area contributed by atoms with E-state index in [2.05, 4.69) is 30.0 Å². The van der Waals surface area contributed by atoms with E-state index in [0.717, 1.165) is 44.0 Å². The van der Waals surface area contributed by atoms with Crippen molar-refractivity contribution >= 4 is 0 Å². The maximum atomic E-state index is 6.37. The van der Waals surface area contributed by atoms with Gasteiger partial charge in [-0.3, -0.25) is 4.90 Å². The van der Waals surface area contributed by atoms with E-state index < -0.39 is 0 Å². The molecule has 2 N–H and O–H groups in total. The molecule has 3 aliphatic rings. The highest BCUT2D eigenvalue weighted by atomic mass is 16.5. The van der Waals surface area contributed by atoms with Crippen molar-refractivity contribution in [3.05, 3.63) is 35.4 Å². The van der Waals surface area contributed by atoms with E-state index in [1.54, 1.807) is 7.11 Å². The second-order valence-corrected chi connectivity index (χ2v) is 6.66. The van der Waals surface area contributed by atoms with Crippen molar-refractivity contribution in [2.45, 2.75) is 43.9 Å². The van der Waals surface area contributed by atoms with Crippen LogP contribution in [0.15, 0.2) is 24.3 Å². The van der Waals surface area contributed by atoms with Crippen molar-refractivity contribution in [2.75, 3.05) is 20.2 Å². The van der Waals surface area contributed by atoms with E-state index in [4.69, 9.17) is 15.2 Å². The van der Waals surface area contributed by atoms with E-state index in [-0.39, 0.29) is 17.6 Å². The molecule has 0 aromatic heterocycles. The van der Waals surface area contributed by atoms with Crippen LogP contribution in [0.1, 0.15) is 30.9 Å². The summed E-state index contributed by atoms with van der Waals surface area (Å²) in [7, 11) is 1.72. The molecule has 22 heavy (non-hydrogen) atoms. The Morgan fingerprint density at radius 1 is 1.45 bits per heavy atom. The molecule has 0 radical (unpaired) electrons. The number of ether oxygens (including phenoxy) is 2. The molecule has 1 aliphatic carbocycles. The molecule has 4 rings (SSSR count). The Bertz CT molecular complexity index is 628. The molecule has 1 aromatic carbocycles. The molecule has 4 nitrogen and oxygen atoms in total. The average molecular weight is 300 g/mol. The van der Waals surface area contributed by atoms with E-state index in [1.807, 2.05) is 6.07 Å². The van der Waals surface area contributed by atoms with Gasteiger partial charge in [0, 0.05) is 24.6 Å². The molecular weight excluding hydrogens is 276 g/mol. The van der Waals surface area contributed by atoms with Crippen molar-refractivity contribution in [3.63, 3.8) is 0 Å². The molecular formula is C18H24N2O2. The van der Waals surface area contributed by atoms with Crippen LogP contribution in [0.5, 0.6) is 11.5 Å². The van der Waals surface area contributed by atoms with Gasteiger partial charge in [-0.05, 0) is 31.1 Å². The highest BCUT2D eigenvalue weighted by Gasteiger charge is 2.52. The molecule has 0 amide bonds. The quantitative estimate of drug-likeness (QED) is 0.851.